The van der Waals surface area contributed by atoms with Gasteiger partial charge in [0.2, 0.25) is 10.0 Å². The minimum atomic E-state index is -5.08. The largest absolute Gasteiger partial charge is 0.416 e. The monoisotopic (exact) mass is 438 g/mol. The van der Waals surface area contributed by atoms with E-state index >= 15 is 0 Å². The average Bonchev–Trinajstić information content (AvgIpc) is 3.08. The van der Waals surface area contributed by atoms with E-state index in [0.717, 1.165) is 18.5 Å². The Kier molecular flexibility index (Phi) is 5.07. The van der Waals surface area contributed by atoms with Crippen molar-refractivity contribution in [3.63, 3.8) is 0 Å². The Balaban J connectivity index is 2.04. The molecule has 2 aromatic heterocycles. The number of aromatic nitrogens is 3. The van der Waals surface area contributed by atoms with Crippen LogP contribution >= 0.6 is 0 Å². The van der Waals surface area contributed by atoms with Crippen LogP contribution in [0.2, 0.25) is 0 Å². The van der Waals surface area contributed by atoms with Gasteiger partial charge in [0.05, 0.1) is 10.5 Å². The molecule has 1 atom stereocenters. The van der Waals surface area contributed by atoms with Crippen molar-refractivity contribution in [3.8, 4) is 0 Å². The van der Waals surface area contributed by atoms with E-state index in [1.54, 1.807) is 0 Å². The molecule has 0 unspecified atom stereocenters. The predicted molar refractivity (Wildman–Crippen MR) is 88.2 cm³/mol. The standard InChI is InChI=1S/C16H12F6N4O2S/c1-25(29(27,28)12-6-7-26-13(8-12)23-9-24-26)14(16(20,21)22)10-2-4-11(5-3-10)15(17,18)19/h2-9,14H,1H3/t14-/m1/s1. The molecule has 1 aromatic carbocycles. The first-order valence-electron chi connectivity index (χ1n) is 7.83. The second-order valence-corrected chi connectivity index (χ2v) is 8.01. The molecule has 0 fully saturated rings. The van der Waals surface area contributed by atoms with Crippen LogP contribution in [-0.2, 0) is 16.2 Å². The third-order valence-electron chi connectivity index (χ3n) is 4.16. The molecule has 13 heteroatoms. The number of hydrogen-bond acceptors (Lipinski definition) is 4. The number of nitrogens with zero attached hydrogens (tertiary/aromatic N) is 4. The molecule has 156 valence electrons. The summed E-state index contributed by atoms with van der Waals surface area (Å²) in [6, 6.07) is 1.55. The summed E-state index contributed by atoms with van der Waals surface area (Å²) in [4.78, 5) is 3.31. The van der Waals surface area contributed by atoms with Crippen LogP contribution in [0.3, 0.4) is 0 Å². The highest BCUT2D eigenvalue weighted by molar-refractivity contribution is 7.89. The third kappa shape index (κ3) is 4.05. The molecule has 29 heavy (non-hydrogen) atoms. The van der Waals surface area contributed by atoms with Crippen LogP contribution in [0, 0.1) is 0 Å². The van der Waals surface area contributed by atoms with Gasteiger partial charge in [0.25, 0.3) is 0 Å². The quantitative estimate of drug-likeness (QED) is 0.583. The number of sulfonamides is 1. The molecule has 3 aromatic rings. The van der Waals surface area contributed by atoms with E-state index < -0.39 is 44.4 Å². The Labute approximate surface area is 160 Å². The van der Waals surface area contributed by atoms with Crippen LogP contribution in [0.15, 0.2) is 53.8 Å². The lowest BCUT2D eigenvalue weighted by molar-refractivity contribution is -0.171. The van der Waals surface area contributed by atoms with Gasteiger partial charge in [-0.05, 0) is 23.8 Å². The first kappa shape index (κ1) is 21.0. The normalized spacial score (nSPS) is 14.5. The van der Waals surface area contributed by atoms with Gasteiger partial charge in [0, 0.05) is 19.3 Å². The summed E-state index contributed by atoms with van der Waals surface area (Å²) in [6.07, 6.45) is -7.47. The lowest BCUT2D eigenvalue weighted by Gasteiger charge is -2.29. The van der Waals surface area contributed by atoms with Crippen LogP contribution in [0.1, 0.15) is 17.2 Å². The van der Waals surface area contributed by atoms with Crippen molar-refractivity contribution in [2.75, 3.05) is 7.05 Å². The number of alkyl halides is 6. The van der Waals surface area contributed by atoms with E-state index in [1.807, 2.05) is 0 Å². The maximum atomic E-state index is 13.7. The Hall–Kier alpha value is -2.67. The molecule has 0 saturated heterocycles. The van der Waals surface area contributed by atoms with E-state index in [-0.39, 0.29) is 9.95 Å². The van der Waals surface area contributed by atoms with Crippen molar-refractivity contribution >= 4 is 15.7 Å². The van der Waals surface area contributed by atoms with Gasteiger partial charge in [-0.2, -0.15) is 35.7 Å². The van der Waals surface area contributed by atoms with Gasteiger partial charge in [0.15, 0.2) is 5.65 Å². The van der Waals surface area contributed by atoms with Gasteiger partial charge in [-0.3, -0.25) is 0 Å². The summed E-state index contributed by atoms with van der Waals surface area (Å²) in [5, 5.41) is 3.76. The zero-order chi connectivity index (χ0) is 21.6. The molecular weight excluding hydrogens is 426 g/mol. The highest BCUT2D eigenvalue weighted by atomic mass is 32.2. The summed E-state index contributed by atoms with van der Waals surface area (Å²) in [7, 11) is -3.96. The molecule has 0 N–H and O–H groups in total. The fourth-order valence-electron chi connectivity index (χ4n) is 2.72. The van der Waals surface area contributed by atoms with E-state index in [0.29, 0.717) is 31.3 Å². The van der Waals surface area contributed by atoms with Crippen LogP contribution in [0.5, 0.6) is 0 Å². The second-order valence-electron chi connectivity index (χ2n) is 6.01. The summed E-state index contributed by atoms with van der Waals surface area (Å²) in [6.45, 7) is 0. The number of fused-ring (bicyclic) bond motifs is 1. The summed E-state index contributed by atoms with van der Waals surface area (Å²) < 4.78 is 106. The molecule has 6 nitrogen and oxygen atoms in total. The molecule has 0 amide bonds. The lowest BCUT2D eigenvalue weighted by Crippen LogP contribution is -2.39. The first-order valence-corrected chi connectivity index (χ1v) is 9.27. The topological polar surface area (TPSA) is 67.6 Å². The molecule has 0 saturated carbocycles. The molecular formula is C16H12F6N4O2S. The molecule has 3 rings (SSSR count). The van der Waals surface area contributed by atoms with Gasteiger partial charge in [0.1, 0.15) is 12.4 Å². The third-order valence-corrected chi connectivity index (χ3v) is 5.98. The van der Waals surface area contributed by atoms with Crippen LogP contribution < -0.4 is 0 Å². The molecule has 2 heterocycles. The number of rotatable bonds is 4. The van der Waals surface area contributed by atoms with Gasteiger partial charge in [-0.1, -0.05) is 12.1 Å². The van der Waals surface area contributed by atoms with Crippen LogP contribution in [0.4, 0.5) is 26.3 Å². The van der Waals surface area contributed by atoms with Crippen LogP contribution in [-0.4, -0.2) is 40.5 Å². The minimum Gasteiger partial charge on any atom is -0.221 e. The number of hydrogen-bond donors (Lipinski definition) is 0. The van der Waals surface area contributed by atoms with Gasteiger partial charge in [-0.25, -0.2) is 17.9 Å². The van der Waals surface area contributed by atoms with Crippen LogP contribution in [0.25, 0.3) is 5.65 Å². The Morgan fingerprint density at radius 1 is 1.03 bits per heavy atom. The Morgan fingerprint density at radius 2 is 1.66 bits per heavy atom. The SMILES string of the molecule is CN([C@H](c1ccc(C(F)(F)F)cc1)C(F)(F)F)S(=O)(=O)c1ccn2ncnc2c1. The summed E-state index contributed by atoms with van der Waals surface area (Å²) in [5.41, 5.74) is -1.71. The Morgan fingerprint density at radius 3 is 2.21 bits per heavy atom. The molecule has 0 radical (unpaired) electrons. The minimum absolute atomic E-state index is 0.0673. The van der Waals surface area contributed by atoms with E-state index in [9.17, 15) is 34.8 Å². The zero-order valence-corrected chi connectivity index (χ0v) is 15.3. The van der Waals surface area contributed by atoms with E-state index in [1.165, 1.54) is 10.7 Å². The lowest BCUT2D eigenvalue weighted by atomic mass is 10.0. The van der Waals surface area contributed by atoms with Crippen molar-refractivity contribution in [3.05, 3.63) is 60.0 Å². The summed E-state index contributed by atoms with van der Waals surface area (Å²) >= 11 is 0. The van der Waals surface area contributed by atoms with Crippen molar-refractivity contribution in [1.29, 1.82) is 0 Å². The number of benzene rings is 1. The molecule has 0 aliphatic heterocycles. The fraction of sp³-hybridized carbons (Fsp3) is 0.250. The highest BCUT2D eigenvalue weighted by Gasteiger charge is 2.48. The van der Waals surface area contributed by atoms with Crippen molar-refractivity contribution < 1.29 is 34.8 Å². The molecule has 0 spiro atoms. The predicted octanol–water partition coefficient (Wildman–Crippen LogP) is 3.67. The van der Waals surface area contributed by atoms with Gasteiger partial charge in [-0.15, -0.1) is 0 Å². The molecule has 0 aliphatic carbocycles. The van der Waals surface area contributed by atoms with Gasteiger partial charge >= 0.3 is 12.4 Å². The van der Waals surface area contributed by atoms with E-state index in [2.05, 4.69) is 10.1 Å². The number of halogens is 6. The summed E-state index contributed by atoms with van der Waals surface area (Å²) in [5.74, 6) is 0. The van der Waals surface area contributed by atoms with E-state index in [4.69, 9.17) is 0 Å². The molecule has 0 bridgehead atoms. The Bertz CT molecular complexity index is 1120. The average molecular weight is 438 g/mol. The highest BCUT2D eigenvalue weighted by Crippen LogP contribution is 2.40. The van der Waals surface area contributed by atoms with Gasteiger partial charge < -0.3 is 0 Å². The van der Waals surface area contributed by atoms with Crippen molar-refractivity contribution in [2.24, 2.45) is 0 Å². The number of pyridine rings is 1. The fourth-order valence-corrected chi connectivity index (χ4v) is 4.06. The molecule has 0 aliphatic rings. The van der Waals surface area contributed by atoms with Crippen molar-refractivity contribution in [1.82, 2.24) is 18.9 Å². The van der Waals surface area contributed by atoms with Crippen molar-refractivity contribution in [2.45, 2.75) is 23.3 Å². The second kappa shape index (κ2) is 6.99. The first-order chi connectivity index (χ1) is 13.3. The smallest absolute Gasteiger partial charge is 0.221 e. The maximum Gasteiger partial charge on any atom is 0.416 e. The maximum absolute atomic E-state index is 13.7. The zero-order valence-electron chi connectivity index (χ0n) is 14.5.